The minimum atomic E-state index is 0.0302. The first-order valence-corrected chi connectivity index (χ1v) is 8.58. The van der Waals surface area contributed by atoms with Crippen molar-refractivity contribution >= 4 is 5.91 Å². The van der Waals surface area contributed by atoms with Crippen LogP contribution in [0, 0.1) is 0 Å². The molecule has 0 aromatic carbocycles. The first-order valence-electron chi connectivity index (χ1n) is 8.58. The van der Waals surface area contributed by atoms with Crippen molar-refractivity contribution in [2.75, 3.05) is 13.1 Å². The zero-order valence-corrected chi connectivity index (χ0v) is 14.2. The van der Waals surface area contributed by atoms with Gasteiger partial charge in [0.1, 0.15) is 5.82 Å². The van der Waals surface area contributed by atoms with Crippen molar-refractivity contribution in [2.24, 2.45) is 0 Å². The van der Waals surface area contributed by atoms with Crippen molar-refractivity contribution in [1.82, 2.24) is 19.9 Å². The molecule has 1 N–H and O–H groups in total. The number of carbonyl (C=O) groups excluding carboxylic acids is 1. The minimum Gasteiger partial charge on any atom is -0.475 e. The highest BCUT2D eigenvalue weighted by molar-refractivity contribution is 5.94. The second-order valence-electron chi connectivity index (χ2n) is 6.28. The molecule has 24 heavy (non-hydrogen) atoms. The van der Waals surface area contributed by atoms with Gasteiger partial charge in [0, 0.05) is 49.2 Å². The lowest BCUT2D eigenvalue weighted by atomic mass is 9.97. The number of pyridine rings is 1. The average molecular weight is 328 g/mol. The zero-order chi connectivity index (χ0) is 16.9. The van der Waals surface area contributed by atoms with Crippen molar-refractivity contribution < 1.29 is 9.53 Å². The molecular weight excluding hydrogens is 304 g/mol. The third-order valence-corrected chi connectivity index (χ3v) is 4.49. The van der Waals surface area contributed by atoms with E-state index in [1.807, 2.05) is 18.0 Å². The molecule has 0 saturated carbocycles. The van der Waals surface area contributed by atoms with Crippen LogP contribution in [0.4, 0.5) is 0 Å². The van der Waals surface area contributed by atoms with Crippen LogP contribution in [0.15, 0.2) is 30.7 Å². The number of H-pyrrole nitrogens is 1. The summed E-state index contributed by atoms with van der Waals surface area (Å²) in [6, 6.07) is 3.49. The number of aromatic amines is 1. The Bertz CT molecular complexity index is 671. The highest BCUT2D eigenvalue weighted by Crippen LogP contribution is 2.25. The van der Waals surface area contributed by atoms with Crippen LogP contribution in [0.25, 0.3) is 0 Å². The second-order valence-corrected chi connectivity index (χ2v) is 6.28. The lowest BCUT2D eigenvalue weighted by Gasteiger charge is -2.32. The molecule has 128 valence electrons. The summed E-state index contributed by atoms with van der Waals surface area (Å²) in [4.78, 5) is 26.4. The van der Waals surface area contributed by atoms with Gasteiger partial charge in [0.05, 0.1) is 6.10 Å². The second kappa shape index (κ2) is 7.47. The van der Waals surface area contributed by atoms with E-state index in [2.05, 4.69) is 21.9 Å². The maximum absolute atomic E-state index is 12.8. The van der Waals surface area contributed by atoms with E-state index in [0.29, 0.717) is 18.0 Å². The highest BCUT2D eigenvalue weighted by Gasteiger charge is 2.27. The molecule has 2 aromatic heterocycles. The molecule has 3 rings (SSSR count). The molecule has 0 radical (unpaired) electrons. The fourth-order valence-corrected chi connectivity index (χ4v) is 2.96. The molecule has 1 fully saturated rings. The molecule has 2 atom stereocenters. The fourth-order valence-electron chi connectivity index (χ4n) is 2.96. The van der Waals surface area contributed by atoms with Gasteiger partial charge in [0.2, 0.25) is 5.88 Å². The Morgan fingerprint density at radius 1 is 1.46 bits per heavy atom. The summed E-state index contributed by atoms with van der Waals surface area (Å²) in [7, 11) is 0. The summed E-state index contributed by atoms with van der Waals surface area (Å²) in [5.74, 6) is 1.77. The lowest BCUT2D eigenvalue weighted by molar-refractivity contribution is 0.0703. The molecule has 1 aliphatic rings. The lowest BCUT2D eigenvalue weighted by Crippen LogP contribution is -2.39. The van der Waals surface area contributed by atoms with E-state index in [0.717, 1.165) is 31.6 Å². The van der Waals surface area contributed by atoms with E-state index in [-0.39, 0.29) is 17.9 Å². The van der Waals surface area contributed by atoms with Gasteiger partial charge in [-0.3, -0.25) is 4.79 Å². The van der Waals surface area contributed by atoms with Crippen LogP contribution in [0.2, 0.25) is 0 Å². The summed E-state index contributed by atoms with van der Waals surface area (Å²) < 4.78 is 5.72. The first kappa shape index (κ1) is 16.5. The standard InChI is InChI=1S/C18H24N4O2/c1-3-13(2)24-16-11-14(6-7-19-16)18(23)22-10-4-5-15(12-22)17-20-8-9-21-17/h6-9,11,13,15H,3-5,10,12H2,1-2H3,(H,20,21)/t13-,15-/m0/s1. The van der Waals surface area contributed by atoms with Crippen molar-refractivity contribution in [3.05, 3.63) is 42.1 Å². The van der Waals surface area contributed by atoms with E-state index < -0.39 is 0 Å². The number of imidazole rings is 1. The number of hydrogen-bond acceptors (Lipinski definition) is 4. The number of piperidine rings is 1. The monoisotopic (exact) mass is 328 g/mol. The molecule has 2 aromatic rings. The van der Waals surface area contributed by atoms with Gasteiger partial charge in [-0.05, 0) is 32.3 Å². The number of rotatable bonds is 5. The van der Waals surface area contributed by atoms with Crippen LogP contribution in [0.1, 0.15) is 55.2 Å². The Labute approximate surface area is 142 Å². The number of carbonyl (C=O) groups is 1. The van der Waals surface area contributed by atoms with E-state index in [1.165, 1.54) is 0 Å². The van der Waals surface area contributed by atoms with Crippen LogP contribution < -0.4 is 4.74 Å². The maximum atomic E-state index is 12.8. The topological polar surface area (TPSA) is 71.1 Å². The molecule has 6 nitrogen and oxygen atoms in total. The summed E-state index contributed by atoms with van der Waals surface area (Å²) in [5.41, 5.74) is 0.628. The molecule has 6 heteroatoms. The number of amides is 1. The normalized spacial score (nSPS) is 19.1. The predicted molar refractivity (Wildman–Crippen MR) is 91.1 cm³/mol. The molecule has 1 aliphatic heterocycles. The molecule has 1 saturated heterocycles. The fraction of sp³-hybridized carbons (Fsp3) is 0.500. The van der Waals surface area contributed by atoms with E-state index in [1.54, 1.807) is 24.5 Å². The van der Waals surface area contributed by atoms with Crippen LogP contribution in [0.3, 0.4) is 0 Å². The predicted octanol–water partition coefficient (Wildman–Crippen LogP) is 3.00. The summed E-state index contributed by atoms with van der Waals surface area (Å²) in [5, 5.41) is 0. The van der Waals surface area contributed by atoms with E-state index in [9.17, 15) is 4.79 Å². The molecule has 0 aliphatic carbocycles. The Hall–Kier alpha value is -2.37. The zero-order valence-electron chi connectivity index (χ0n) is 14.2. The van der Waals surface area contributed by atoms with Gasteiger partial charge in [0.25, 0.3) is 5.91 Å². The quantitative estimate of drug-likeness (QED) is 0.916. The van der Waals surface area contributed by atoms with E-state index >= 15 is 0 Å². The number of hydrogen-bond donors (Lipinski definition) is 1. The molecule has 0 spiro atoms. The largest absolute Gasteiger partial charge is 0.475 e. The summed E-state index contributed by atoms with van der Waals surface area (Å²) in [6.45, 7) is 5.52. The third-order valence-electron chi connectivity index (χ3n) is 4.49. The maximum Gasteiger partial charge on any atom is 0.254 e. The number of likely N-dealkylation sites (tertiary alicyclic amines) is 1. The smallest absolute Gasteiger partial charge is 0.254 e. The van der Waals surface area contributed by atoms with Crippen LogP contribution in [0.5, 0.6) is 5.88 Å². The molecule has 0 unspecified atom stereocenters. The number of nitrogens with zero attached hydrogens (tertiary/aromatic N) is 3. The SMILES string of the molecule is CC[C@H](C)Oc1cc(C(=O)N2CCC[C@H](c3ncc[nH]3)C2)ccn1. The van der Waals surface area contributed by atoms with Gasteiger partial charge in [0.15, 0.2) is 0 Å². The van der Waals surface area contributed by atoms with Crippen LogP contribution in [-0.4, -0.2) is 45.0 Å². The Kier molecular flexibility index (Phi) is 5.13. The molecule has 0 bridgehead atoms. The van der Waals surface area contributed by atoms with Crippen molar-refractivity contribution in [2.45, 2.75) is 45.1 Å². The van der Waals surface area contributed by atoms with Gasteiger partial charge in [-0.1, -0.05) is 6.92 Å². The minimum absolute atomic E-state index is 0.0302. The molecule has 3 heterocycles. The average Bonchev–Trinajstić information content (AvgIpc) is 3.16. The van der Waals surface area contributed by atoms with Crippen LogP contribution >= 0.6 is 0 Å². The Morgan fingerprint density at radius 3 is 3.08 bits per heavy atom. The molecule has 1 amide bonds. The number of aromatic nitrogens is 3. The third kappa shape index (κ3) is 3.75. The molecular formula is C18H24N4O2. The Balaban J connectivity index is 1.70. The van der Waals surface area contributed by atoms with Gasteiger partial charge < -0.3 is 14.6 Å². The summed E-state index contributed by atoms with van der Waals surface area (Å²) >= 11 is 0. The summed E-state index contributed by atoms with van der Waals surface area (Å²) in [6.07, 6.45) is 8.25. The highest BCUT2D eigenvalue weighted by atomic mass is 16.5. The van der Waals surface area contributed by atoms with Crippen molar-refractivity contribution in [3.63, 3.8) is 0 Å². The van der Waals surface area contributed by atoms with E-state index in [4.69, 9.17) is 4.74 Å². The number of nitrogens with one attached hydrogen (secondary N) is 1. The van der Waals surface area contributed by atoms with Crippen molar-refractivity contribution in [3.8, 4) is 5.88 Å². The number of ether oxygens (including phenoxy) is 1. The van der Waals surface area contributed by atoms with Crippen molar-refractivity contribution in [1.29, 1.82) is 0 Å². The van der Waals surface area contributed by atoms with Gasteiger partial charge >= 0.3 is 0 Å². The Morgan fingerprint density at radius 2 is 2.33 bits per heavy atom. The van der Waals surface area contributed by atoms with Crippen LogP contribution in [-0.2, 0) is 0 Å². The van der Waals surface area contributed by atoms with Gasteiger partial charge in [-0.25, -0.2) is 9.97 Å². The van der Waals surface area contributed by atoms with Gasteiger partial charge in [-0.15, -0.1) is 0 Å². The first-order chi connectivity index (χ1) is 11.7. The van der Waals surface area contributed by atoms with Gasteiger partial charge in [-0.2, -0.15) is 0 Å².